The van der Waals surface area contributed by atoms with Gasteiger partial charge in [0, 0.05) is 20.1 Å². The van der Waals surface area contributed by atoms with Crippen molar-refractivity contribution in [2.45, 2.75) is 31.5 Å². The standard InChI is InChI=1S/C13H18F3N3O/c1-12(20)3-5-19(6-4-12)11-8-9(13(14,15)16)7-10(17-2)18-11/h7-8,20H,3-6H2,1-2H3,(H,17,18). The molecule has 0 bridgehead atoms. The number of rotatable bonds is 2. The van der Waals surface area contributed by atoms with Crippen LogP contribution in [0.1, 0.15) is 25.3 Å². The van der Waals surface area contributed by atoms with E-state index in [0.717, 1.165) is 12.1 Å². The fourth-order valence-corrected chi connectivity index (χ4v) is 2.19. The van der Waals surface area contributed by atoms with Gasteiger partial charge < -0.3 is 15.3 Å². The first kappa shape index (κ1) is 14.9. The fraction of sp³-hybridized carbons (Fsp3) is 0.615. The third-order valence-electron chi connectivity index (χ3n) is 3.56. The van der Waals surface area contributed by atoms with Crippen LogP contribution >= 0.6 is 0 Å². The van der Waals surface area contributed by atoms with Crippen molar-refractivity contribution in [3.05, 3.63) is 17.7 Å². The first-order chi connectivity index (χ1) is 9.21. The number of alkyl halides is 3. The molecule has 2 N–H and O–H groups in total. The molecular weight excluding hydrogens is 271 g/mol. The Labute approximate surface area is 115 Å². The van der Waals surface area contributed by atoms with Crippen molar-refractivity contribution in [2.75, 3.05) is 30.4 Å². The maximum atomic E-state index is 12.9. The van der Waals surface area contributed by atoms with Gasteiger partial charge in [-0.05, 0) is 31.9 Å². The van der Waals surface area contributed by atoms with Crippen LogP contribution in [0.15, 0.2) is 12.1 Å². The number of aromatic nitrogens is 1. The zero-order valence-electron chi connectivity index (χ0n) is 11.5. The van der Waals surface area contributed by atoms with E-state index in [0.29, 0.717) is 31.7 Å². The van der Waals surface area contributed by atoms with Crippen LogP contribution in [-0.4, -0.2) is 35.8 Å². The molecule has 112 valence electrons. The van der Waals surface area contributed by atoms with Crippen molar-refractivity contribution in [1.29, 1.82) is 0 Å². The number of pyridine rings is 1. The van der Waals surface area contributed by atoms with Crippen LogP contribution < -0.4 is 10.2 Å². The highest BCUT2D eigenvalue weighted by Gasteiger charge is 2.33. The molecule has 1 fully saturated rings. The molecule has 0 radical (unpaired) electrons. The van der Waals surface area contributed by atoms with Gasteiger partial charge in [0.1, 0.15) is 11.6 Å². The summed E-state index contributed by atoms with van der Waals surface area (Å²) in [4.78, 5) is 5.94. The van der Waals surface area contributed by atoms with Gasteiger partial charge in [-0.25, -0.2) is 4.98 Å². The molecule has 4 nitrogen and oxygen atoms in total. The second-order valence-electron chi connectivity index (χ2n) is 5.33. The average Bonchev–Trinajstić information content (AvgIpc) is 2.37. The zero-order valence-corrected chi connectivity index (χ0v) is 11.5. The monoisotopic (exact) mass is 289 g/mol. The molecular formula is C13H18F3N3O. The normalized spacial score (nSPS) is 19.0. The lowest BCUT2D eigenvalue weighted by molar-refractivity contribution is -0.137. The highest BCUT2D eigenvalue weighted by atomic mass is 19.4. The van der Waals surface area contributed by atoms with Gasteiger partial charge in [-0.2, -0.15) is 13.2 Å². The third kappa shape index (κ3) is 3.33. The van der Waals surface area contributed by atoms with E-state index >= 15 is 0 Å². The summed E-state index contributed by atoms with van der Waals surface area (Å²) in [6.07, 6.45) is -3.37. The first-order valence-corrected chi connectivity index (χ1v) is 6.46. The number of aliphatic hydroxyl groups is 1. The van der Waals surface area contributed by atoms with E-state index in [1.54, 1.807) is 11.8 Å². The van der Waals surface area contributed by atoms with Crippen molar-refractivity contribution in [2.24, 2.45) is 0 Å². The Bertz CT molecular complexity index is 478. The van der Waals surface area contributed by atoms with E-state index in [9.17, 15) is 18.3 Å². The topological polar surface area (TPSA) is 48.4 Å². The molecule has 1 saturated heterocycles. The smallest absolute Gasteiger partial charge is 0.390 e. The van der Waals surface area contributed by atoms with Crippen LogP contribution in [0.25, 0.3) is 0 Å². The van der Waals surface area contributed by atoms with Gasteiger partial charge in [0.25, 0.3) is 0 Å². The van der Waals surface area contributed by atoms with Gasteiger partial charge in [-0.15, -0.1) is 0 Å². The molecule has 20 heavy (non-hydrogen) atoms. The maximum absolute atomic E-state index is 12.9. The highest BCUT2D eigenvalue weighted by molar-refractivity contribution is 5.51. The van der Waals surface area contributed by atoms with E-state index in [-0.39, 0.29) is 5.82 Å². The Morgan fingerprint density at radius 2 is 1.90 bits per heavy atom. The van der Waals surface area contributed by atoms with E-state index in [1.165, 1.54) is 7.05 Å². The van der Waals surface area contributed by atoms with Crippen LogP contribution in [0.5, 0.6) is 0 Å². The average molecular weight is 289 g/mol. The second kappa shape index (κ2) is 5.12. The lowest BCUT2D eigenvalue weighted by Crippen LogP contribution is -2.42. The van der Waals surface area contributed by atoms with E-state index in [4.69, 9.17) is 0 Å². The maximum Gasteiger partial charge on any atom is 0.416 e. The molecule has 0 aliphatic carbocycles. The summed E-state index contributed by atoms with van der Waals surface area (Å²) in [5.74, 6) is 0.479. The molecule has 2 heterocycles. The molecule has 0 spiro atoms. The minimum absolute atomic E-state index is 0.187. The molecule has 0 atom stereocenters. The molecule has 2 rings (SSSR count). The van der Waals surface area contributed by atoms with Gasteiger partial charge in [0.2, 0.25) is 0 Å². The third-order valence-corrected chi connectivity index (χ3v) is 3.56. The lowest BCUT2D eigenvalue weighted by atomic mass is 9.94. The van der Waals surface area contributed by atoms with Crippen LogP contribution in [0.4, 0.5) is 24.8 Å². The van der Waals surface area contributed by atoms with Crippen LogP contribution in [0.3, 0.4) is 0 Å². The molecule has 0 saturated carbocycles. The number of nitrogens with one attached hydrogen (secondary N) is 1. The fourth-order valence-electron chi connectivity index (χ4n) is 2.19. The lowest BCUT2D eigenvalue weighted by Gasteiger charge is -2.36. The summed E-state index contributed by atoms with van der Waals surface area (Å²) >= 11 is 0. The minimum Gasteiger partial charge on any atom is -0.390 e. The first-order valence-electron chi connectivity index (χ1n) is 6.46. The van der Waals surface area contributed by atoms with Gasteiger partial charge >= 0.3 is 6.18 Å². The summed E-state index contributed by atoms with van der Waals surface area (Å²) in [6.45, 7) is 2.72. The Kier molecular flexibility index (Phi) is 3.82. The summed E-state index contributed by atoms with van der Waals surface area (Å²) in [7, 11) is 1.53. The Hall–Kier alpha value is -1.50. The number of halogens is 3. The van der Waals surface area contributed by atoms with Crippen molar-refractivity contribution >= 4 is 11.6 Å². The second-order valence-corrected chi connectivity index (χ2v) is 5.33. The van der Waals surface area contributed by atoms with E-state index < -0.39 is 17.3 Å². The number of nitrogens with zero attached hydrogens (tertiary/aromatic N) is 2. The molecule has 0 amide bonds. The molecule has 1 aromatic rings. The van der Waals surface area contributed by atoms with Gasteiger partial charge in [0.15, 0.2) is 0 Å². The van der Waals surface area contributed by atoms with Crippen LogP contribution in [0.2, 0.25) is 0 Å². The van der Waals surface area contributed by atoms with Crippen molar-refractivity contribution in [3.63, 3.8) is 0 Å². The Morgan fingerprint density at radius 3 is 2.40 bits per heavy atom. The number of hydrogen-bond acceptors (Lipinski definition) is 4. The van der Waals surface area contributed by atoms with Crippen molar-refractivity contribution in [1.82, 2.24) is 4.98 Å². The van der Waals surface area contributed by atoms with E-state index in [2.05, 4.69) is 10.3 Å². The number of piperidine rings is 1. The molecule has 1 aliphatic heterocycles. The zero-order chi connectivity index (χ0) is 15.0. The molecule has 7 heteroatoms. The highest BCUT2D eigenvalue weighted by Crippen LogP contribution is 2.34. The minimum atomic E-state index is -4.40. The van der Waals surface area contributed by atoms with Gasteiger partial charge in [-0.1, -0.05) is 0 Å². The van der Waals surface area contributed by atoms with Crippen molar-refractivity contribution < 1.29 is 18.3 Å². The number of anilines is 2. The summed E-state index contributed by atoms with van der Waals surface area (Å²) in [6, 6.07) is 2.05. The van der Waals surface area contributed by atoms with E-state index in [1.807, 2.05) is 0 Å². The quantitative estimate of drug-likeness (QED) is 0.878. The van der Waals surface area contributed by atoms with Gasteiger partial charge in [0.05, 0.1) is 11.2 Å². The van der Waals surface area contributed by atoms with Crippen LogP contribution in [-0.2, 0) is 6.18 Å². The predicted octanol–water partition coefficient (Wildman–Crippen LogP) is 2.49. The summed E-state index contributed by atoms with van der Waals surface area (Å²) < 4.78 is 38.6. The molecule has 0 aromatic carbocycles. The van der Waals surface area contributed by atoms with Crippen molar-refractivity contribution in [3.8, 4) is 0 Å². The summed E-state index contributed by atoms with van der Waals surface area (Å²) in [5, 5.41) is 12.5. The van der Waals surface area contributed by atoms with Crippen LogP contribution in [0, 0.1) is 0 Å². The Balaban J connectivity index is 2.28. The summed E-state index contributed by atoms with van der Waals surface area (Å²) in [5.41, 5.74) is -1.46. The predicted molar refractivity (Wildman–Crippen MR) is 70.9 cm³/mol. The molecule has 1 aliphatic rings. The number of hydrogen-bond donors (Lipinski definition) is 2. The Morgan fingerprint density at radius 1 is 1.30 bits per heavy atom. The SMILES string of the molecule is CNc1cc(C(F)(F)F)cc(N2CCC(C)(O)CC2)n1. The largest absolute Gasteiger partial charge is 0.416 e. The van der Waals surface area contributed by atoms with Gasteiger partial charge in [-0.3, -0.25) is 0 Å². The molecule has 1 aromatic heterocycles. The molecule has 0 unspecified atom stereocenters.